The van der Waals surface area contributed by atoms with Crippen molar-refractivity contribution < 1.29 is 0 Å². The Labute approximate surface area is 148 Å². The molecule has 142 valence electrons. The van der Waals surface area contributed by atoms with E-state index < -0.39 is 0 Å². The van der Waals surface area contributed by atoms with Crippen LogP contribution in [0.4, 0.5) is 0 Å². The molecule has 0 aromatic heterocycles. The van der Waals surface area contributed by atoms with Crippen LogP contribution in [-0.2, 0) is 0 Å². The highest BCUT2D eigenvalue weighted by Crippen LogP contribution is 2.13. The fraction of sp³-hybridized carbons (Fsp3) is 1.00. The van der Waals surface area contributed by atoms with Gasteiger partial charge in [0.2, 0.25) is 0 Å². The van der Waals surface area contributed by atoms with E-state index in [1.807, 2.05) is 0 Å². The van der Waals surface area contributed by atoms with E-state index in [4.69, 9.17) is 17.2 Å². The zero-order valence-electron chi connectivity index (χ0n) is 15.4. The molecule has 7 heteroatoms. The maximum absolute atomic E-state index is 5.74. The Kier molecular flexibility index (Phi) is 9.48. The van der Waals surface area contributed by atoms with Gasteiger partial charge in [-0.25, -0.2) is 0 Å². The zero-order chi connectivity index (χ0) is 17.2. The molecule has 24 heavy (non-hydrogen) atoms. The normalized spacial score (nSPS) is 25.4. The number of nitrogens with two attached hydrogens (primary N) is 3. The standard InChI is InChI=1S/C17H39N7/c18-3-1-6-22-13-14-24(7-2-4-19)17(15-22)16-23-11-9-21(8-5-20)10-12-23/h17H,1-16,18-20H2. The van der Waals surface area contributed by atoms with Gasteiger partial charge in [-0.1, -0.05) is 0 Å². The maximum Gasteiger partial charge on any atom is 0.0351 e. The molecule has 0 spiro atoms. The van der Waals surface area contributed by atoms with Crippen LogP contribution in [0.5, 0.6) is 0 Å². The quantitative estimate of drug-likeness (QED) is 0.434. The van der Waals surface area contributed by atoms with Gasteiger partial charge in [0, 0.05) is 71.5 Å². The first kappa shape index (κ1) is 20.0. The molecule has 2 aliphatic heterocycles. The lowest BCUT2D eigenvalue weighted by Gasteiger charge is -2.45. The number of piperazine rings is 2. The summed E-state index contributed by atoms with van der Waals surface area (Å²) in [5.41, 5.74) is 17.1. The van der Waals surface area contributed by atoms with Crippen molar-refractivity contribution in [3.8, 4) is 0 Å². The lowest BCUT2D eigenvalue weighted by atomic mass is 10.1. The molecular weight excluding hydrogens is 302 g/mol. The number of hydrogen-bond acceptors (Lipinski definition) is 7. The molecule has 0 radical (unpaired) electrons. The molecular formula is C17H39N7. The Morgan fingerprint density at radius 3 is 1.92 bits per heavy atom. The highest BCUT2D eigenvalue weighted by atomic mass is 15.3. The van der Waals surface area contributed by atoms with Crippen LogP contribution in [0.25, 0.3) is 0 Å². The van der Waals surface area contributed by atoms with Crippen LogP contribution in [-0.4, -0.2) is 117 Å². The molecule has 2 heterocycles. The minimum atomic E-state index is 0.629. The van der Waals surface area contributed by atoms with Crippen molar-refractivity contribution in [3.63, 3.8) is 0 Å². The molecule has 2 rings (SSSR count). The van der Waals surface area contributed by atoms with Crippen molar-refractivity contribution in [3.05, 3.63) is 0 Å². The molecule has 0 aromatic rings. The fourth-order valence-corrected chi connectivity index (χ4v) is 3.91. The third-order valence-corrected chi connectivity index (χ3v) is 5.40. The Bertz CT molecular complexity index is 320. The molecule has 2 saturated heterocycles. The van der Waals surface area contributed by atoms with Gasteiger partial charge in [0.1, 0.15) is 0 Å². The van der Waals surface area contributed by atoms with E-state index in [0.717, 1.165) is 65.2 Å². The number of hydrogen-bond donors (Lipinski definition) is 3. The predicted molar refractivity (Wildman–Crippen MR) is 101 cm³/mol. The smallest absolute Gasteiger partial charge is 0.0351 e. The highest BCUT2D eigenvalue weighted by molar-refractivity contribution is 4.86. The second-order valence-corrected chi connectivity index (χ2v) is 7.21. The van der Waals surface area contributed by atoms with E-state index in [0.29, 0.717) is 6.04 Å². The van der Waals surface area contributed by atoms with E-state index in [1.165, 1.54) is 39.3 Å². The average Bonchev–Trinajstić information content (AvgIpc) is 2.61. The number of nitrogens with zero attached hydrogens (tertiary/aromatic N) is 4. The first-order chi connectivity index (χ1) is 11.8. The second-order valence-electron chi connectivity index (χ2n) is 7.21. The Morgan fingerprint density at radius 1 is 0.625 bits per heavy atom. The van der Waals surface area contributed by atoms with Gasteiger partial charge in [-0.15, -0.1) is 0 Å². The summed E-state index contributed by atoms with van der Waals surface area (Å²) in [6.45, 7) is 15.0. The lowest BCUT2D eigenvalue weighted by Crippen LogP contribution is -2.59. The van der Waals surface area contributed by atoms with Crippen LogP contribution >= 0.6 is 0 Å². The molecule has 2 aliphatic rings. The molecule has 6 N–H and O–H groups in total. The van der Waals surface area contributed by atoms with Crippen LogP contribution in [0.15, 0.2) is 0 Å². The summed E-state index contributed by atoms with van der Waals surface area (Å²) in [5.74, 6) is 0. The molecule has 0 aliphatic carbocycles. The molecule has 0 saturated carbocycles. The zero-order valence-corrected chi connectivity index (χ0v) is 15.4. The minimum Gasteiger partial charge on any atom is -0.330 e. The monoisotopic (exact) mass is 341 g/mol. The van der Waals surface area contributed by atoms with E-state index in [1.54, 1.807) is 0 Å². The fourth-order valence-electron chi connectivity index (χ4n) is 3.91. The summed E-state index contributed by atoms with van der Waals surface area (Å²) >= 11 is 0. The van der Waals surface area contributed by atoms with Crippen LogP contribution in [0, 0.1) is 0 Å². The minimum absolute atomic E-state index is 0.629. The molecule has 7 nitrogen and oxygen atoms in total. The van der Waals surface area contributed by atoms with Gasteiger partial charge < -0.3 is 22.1 Å². The molecule has 2 fully saturated rings. The molecule has 0 aromatic carbocycles. The van der Waals surface area contributed by atoms with Crippen LogP contribution in [0.2, 0.25) is 0 Å². The summed E-state index contributed by atoms with van der Waals surface area (Å²) in [6.07, 6.45) is 2.21. The predicted octanol–water partition coefficient (Wildman–Crippen LogP) is -1.75. The Balaban J connectivity index is 1.82. The Morgan fingerprint density at radius 2 is 1.25 bits per heavy atom. The van der Waals surface area contributed by atoms with Gasteiger partial charge in [0.05, 0.1) is 0 Å². The van der Waals surface area contributed by atoms with Gasteiger partial charge in [-0.3, -0.25) is 14.7 Å². The van der Waals surface area contributed by atoms with Crippen LogP contribution < -0.4 is 17.2 Å². The molecule has 1 atom stereocenters. The molecule has 1 unspecified atom stereocenters. The summed E-state index contributed by atoms with van der Waals surface area (Å²) in [5, 5.41) is 0. The Hall–Kier alpha value is -0.280. The first-order valence-corrected chi connectivity index (χ1v) is 9.78. The molecule has 0 amide bonds. The van der Waals surface area contributed by atoms with Gasteiger partial charge >= 0.3 is 0 Å². The third kappa shape index (κ3) is 6.55. The van der Waals surface area contributed by atoms with Gasteiger partial charge in [-0.2, -0.15) is 0 Å². The van der Waals surface area contributed by atoms with Crippen molar-refractivity contribution in [2.24, 2.45) is 17.2 Å². The van der Waals surface area contributed by atoms with E-state index in [-0.39, 0.29) is 0 Å². The van der Waals surface area contributed by atoms with Crippen molar-refractivity contribution in [1.82, 2.24) is 19.6 Å². The average molecular weight is 342 g/mol. The molecule has 0 bridgehead atoms. The first-order valence-electron chi connectivity index (χ1n) is 9.78. The van der Waals surface area contributed by atoms with Gasteiger partial charge in [0.15, 0.2) is 0 Å². The third-order valence-electron chi connectivity index (χ3n) is 5.40. The summed E-state index contributed by atoms with van der Waals surface area (Å²) < 4.78 is 0. The van der Waals surface area contributed by atoms with E-state index in [2.05, 4.69) is 19.6 Å². The highest BCUT2D eigenvalue weighted by Gasteiger charge is 2.29. The van der Waals surface area contributed by atoms with Crippen molar-refractivity contribution in [1.29, 1.82) is 0 Å². The topological polar surface area (TPSA) is 91.0 Å². The maximum atomic E-state index is 5.74. The second kappa shape index (κ2) is 11.4. The van der Waals surface area contributed by atoms with Crippen molar-refractivity contribution >= 4 is 0 Å². The SMILES string of the molecule is NCCCN1CCN(CCCN)C(CN2CCN(CCN)CC2)C1. The largest absolute Gasteiger partial charge is 0.330 e. The van der Waals surface area contributed by atoms with E-state index >= 15 is 0 Å². The van der Waals surface area contributed by atoms with E-state index in [9.17, 15) is 0 Å². The van der Waals surface area contributed by atoms with Gasteiger partial charge in [-0.05, 0) is 39.0 Å². The summed E-state index contributed by atoms with van der Waals surface area (Å²) in [6, 6.07) is 0.629. The van der Waals surface area contributed by atoms with Gasteiger partial charge in [0.25, 0.3) is 0 Å². The van der Waals surface area contributed by atoms with Crippen LogP contribution in [0.3, 0.4) is 0 Å². The lowest BCUT2D eigenvalue weighted by molar-refractivity contribution is 0.0366. The number of rotatable bonds is 10. The summed E-state index contributed by atoms with van der Waals surface area (Å²) in [4.78, 5) is 10.4. The van der Waals surface area contributed by atoms with Crippen LogP contribution in [0.1, 0.15) is 12.8 Å². The van der Waals surface area contributed by atoms with Crippen molar-refractivity contribution in [2.75, 3.05) is 91.6 Å². The van der Waals surface area contributed by atoms with Crippen molar-refractivity contribution in [2.45, 2.75) is 18.9 Å². The summed E-state index contributed by atoms with van der Waals surface area (Å²) in [7, 11) is 0.